The lowest BCUT2D eigenvalue weighted by Crippen LogP contribution is -2.14. The van der Waals surface area contributed by atoms with E-state index in [1.165, 1.54) is 0 Å². The maximum atomic E-state index is 5.63. The standard InChI is InChI=1S/C21H22BrN3O/c1-5-25(4)13-23-19-11-14(2)17(10-15(19)3)21-12-20(24-26-21)16-8-6-7-9-18(16)22/h6-13H,5H2,1-4H3/b23-13-. The predicted molar refractivity (Wildman–Crippen MR) is 111 cm³/mol. The van der Waals surface area contributed by atoms with Crippen LogP contribution in [0, 0.1) is 13.8 Å². The maximum Gasteiger partial charge on any atom is 0.167 e. The van der Waals surface area contributed by atoms with E-state index in [4.69, 9.17) is 4.52 Å². The first-order valence-electron chi connectivity index (χ1n) is 8.57. The average molecular weight is 412 g/mol. The fourth-order valence-corrected chi connectivity index (χ4v) is 3.13. The summed E-state index contributed by atoms with van der Waals surface area (Å²) in [5.41, 5.74) is 6.05. The Balaban J connectivity index is 1.95. The number of hydrogen-bond acceptors (Lipinski definition) is 3. The Hall–Kier alpha value is -2.40. The van der Waals surface area contributed by atoms with Crippen LogP contribution in [0.1, 0.15) is 18.1 Å². The maximum absolute atomic E-state index is 5.63. The zero-order valence-electron chi connectivity index (χ0n) is 15.5. The molecule has 0 saturated carbocycles. The van der Waals surface area contributed by atoms with Crippen LogP contribution in [-0.4, -0.2) is 30.0 Å². The van der Waals surface area contributed by atoms with E-state index in [-0.39, 0.29) is 0 Å². The number of rotatable bonds is 5. The fraction of sp³-hybridized carbons (Fsp3) is 0.238. The molecule has 0 N–H and O–H groups in total. The van der Waals surface area contributed by atoms with Crippen LogP contribution >= 0.6 is 15.9 Å². The van der Waals surface area contributed by atoms with Crippen molar-refractivity contribution >= 4 is 28.0 Å². The van der Waals surface area contributed by atoms with Crippen LogP contribution in [0.25, 0.3) is 22.6 Å². The van der Waals surface area contributed by atoms with E-state index in [0.717, 1.165) is 50.4 Å². The molecule has 0 aliphatic heterocycles. The van der Waals surface area contributed by atoms with Gasteiger partial charge in [-0.3, -0.25) is 0 Å². The molecule has 0 aliphatic carbocycles. The van der Waals surface area contributed by atoms with E-state index in [2.05, 4.69) is 59.0 Å². The summed E-state index contributed by atoms with van der Waals surface area (Å²) in [5.74, 6) is 0.762. The van der Waals surface area contributed by atoms with Gasteiger partial charge < -0.3 is 9.42 Å². The molecule has 4 nitrogen and oxygen atoms in total. The molecule has 3 aromatic rings. The predicted octanol–water partition coefficient (Wildman–Crippen LogP) is 6.00. The lowest BCUT2D eigenvalue weighted by Gasteiger charge is -2.10. The molecule has 1 aromatic heterocycles. The van der Waals surface area contributed by atoms with Crippen molar-refractivity contribution in [2.24, 2.45) is 4.99 Å². The number of aromatic nitrogens is 1. The molecule has 0 fully saturated rings. The van der Waals surface area contributed by atoms with Gasteiger partial charge in [-0.2, -0.15) is 0 Å². The molecule has 0 radical (unpaired) electrons. The molecule has 0 saturated heterocycles. The van der Waals surface area contributed by atoms with Crippen LogP contribution < -0.4 is 0 Å². The summed E-state index contributed by atoms with van der Waals surface area (Å²) in [7, 11) is 2.01. The highest BCUT2D eigenvalue weighted by molar-refractivity contribution is 9.10. The molecular weight excluding hydrogens is 390 g/mol. The molecular formula is C21H22BrN3O. The summed E-state index contributed by atoms with van der Waals surface area (Å²) in [6.45, 7) is 7.15. The molecule has 0 bridgehead atoms. The molecule has 0 amide bonds. The minimum Gasteiger partial charge on any atom is -0.366 e. The second kappa shape index (κ2) is 7.87. The summed E-state index contributed by atoms with van der Waals surface area (Å²) in [5, 5.41) is 4.25. The van der Waals surface area contributed by atoms with Crippen LogP contribution in [-0.2, 0) is 0 Å². The van der Waals surface area contributed by atoms with Gasteiger partial charge in [0, 0.05) is 35.3 Å². The first-order chi connectivity index (χ1) is 12.5. The fourth-order valence-electron chi connectivity index (χ4n) is 2.65. The third-order valence-corrected chi connectivity index (χ3v) is 5.05. The Kier molecular flexibility index (Phi) is 5.57. The first-order valence-corrected chi connectivity index (χ1v) is 9.36. The second-order valence-electron chi connectivity index (χ2n) is 6.33. The van der Waals surface area contributed by atoms with E-state index < -0.39 is 0 Å². The monoisotopic (exact) mass is 411 g/mol. The minimum atomic E-state index is 0.762. The normalized spacial score (nSPS) is 11.3. The van der Waals surface area contributed by atoms with Crippen molar-refractivity contribution in [3.63, 3.8) is 0 Å². The van der Waals surface area contributed by atoms with Crippen LogP contribution in [0.2, 0.25) is 0 Å². The SMILES string of the molecule is CCN(C)/C=N\c1cc(C)c(-c2cc(-c3ccccc3Br)no2)cc1C. The van der Waals surface area contributed by atoms with Gasteiger partial charge in [0.2, 0.25) is 0 Å². The Morgan fingerprint density at radius 2 is 1.88 bits per heavy atom. The number of aryl methyl sites for hydroxylation is 2. The zero-order chi connectivity index (χ0) is 18.7. The van der Waals surface area contributed by atoms with E-state index in [9.17, 15) is 0 Å². The third-order valence-electron chi connectivity index (χ3n) is 4.36. The van der Waals surface area contributed by atoms with Gasteiger partial charge in [-0.05, 0) is 50.1 Å². The van der Waals surface area contributed by atoms with Crippen molar-refractivity contribution in [2.75, 3.05) is 13.6 Å². The molecule has 0 spiro atoms. The lowest BCUT2D eigenvalue weighted by atomic mass is 10.0. The Bertz CT molecular complexity index is 946. The number of benzene rings is 2. The van der Waals surface area contributed by atoms with Gasteiger partial charge >= 0.3 is 0 Å². The van der Waals surface area contributed by atoms with Gasteiger partial charge in [-0.25, -0.2) is 4.99 Å². The van der Waals surface area contributed by atoms with Gasteiger partial charge in [0.05, 0.1) is 12.0 Å². The van der Waals surface area contributed by atoms with Gasteiger partial charge in [0.25, 0.3) is 0 Å². The second-order valence-corrected chi connectivity index (χ2v) is 7.18. The molecule has 0 atom stereocenters. The Labute approximate surface area is 162 Å². The highest BCUT2D eigenvalue weighted by atomic mass is 79.9. The first kappa shape index (κ1) is 18.4. The van der Waals surface area contributed by atoms with Crippen LogP contribution in [0.5, 0.6) is 0 Å². The molecule has 1 heterocycles. The quantitative estimate of drug-likeness (QED) is 0.381. The van der Waals surface area contributed by atoms with Crippen LogP contribution in [0.4, 0.5) is 5.69 Å². The zero-order valence-corrected chi connectivity index (χ0v) is 17.0. The molecule has 5 heteroatoms. The van der Waals surface area contributed by atoms with Crippen molar-refractivity contribution in [2.45, 2.75) is 20.8 Å². The van der Waals surface area contributed by atoms with Crippen molar-refractivity contribution < 1.29 is 4.52 Å². The largest absolute Gasteiger partial charge is 0.366 e. The summed E-state index contributed by atoms with van der Waals surface area (Å²) in [6.07, 6.45) is 1.86. The Morgan fingerprint density at radius 3 is 2.62 bits per heavy atom. The number of halogens is 1. The average Bonchev–Trinajstić information content (AvgIpc) is 3.11. The van der Waals surface area contributed by atoms with Crippen molar-refractivity contribution in [3.05, 3.63) is 58.1 Å². The van der Waals surface area contributed by atoms with Gasteiger partial charge in [-0.15, -0.1) is 0 Å². The molecule has 0 aliphatic rings. The third kappa shape index (κ3) is 3.88. The van der Waals surface area contributed by atoms with Gasteiger partial charge in [-0.1, -0.05) is 39.3 Å². The van der Waals surface area contributed by atoms with E-state index in [1.54, 1.807) is 0 Å². The molecule has 26 heavy (non-hydrogen) atoms. The van der Waals surface area contributed by atoms with Crippen LogP contribution in [0.15, 0.2) is 56.5 Å². The van der Waals surface area contributed by atoms with E-state index in [0.29, 0.717) is 0 Å². The minimum absolute atomic E-state index is 0.762. The molecule has 0 unspecified atom stereocenters. The Morgan fingerprint density at radius 1 is 1.12 bits per heavy atom. The van der Waals surface area contributed by atoms with Crippen molar-refractivity contribution in [1.82, 2.24) is 10.1 Å². The number of hydrogen-bond donors (Lipinski definition) is 0. The smallest absolute Gasteiger partial charge is 0.167 e. The van der Waals surface area contributed by atoms with Crippen molar-refractivity contribution in [3.8, 4) is 22.6 Å². The number of nitrogens with zero attached hydrogens (tertiary/aromatic N) is 3. The highest BCUT2D eigenvalue weighted by Crippen LogP contribution is 2.34. The highest BCUT2D eigenvalue weighted by Gasteiger charge is 2.14. The summed E-state index contributed by atoms with van der Waals surface area (Å²) >= 11 is 3.57. The summed E-state index contributed by atoms with van der Waals surface area (Å²) in [4.78, 5) is 6.63. The number of aliphatic imine (C=N–C) groups is 1. The topological polar surface area (TPSA) is 41.6 Å². The van der Waals surface area contributed by atoms with Crippen molar-refractivity contribution in [1.29, 1.82) is 0 Å². The van der Waals surface area contributed by atoms with E-state index >= 15 is 0 Å². The summed E-state index contributed by atoms with van der Waals surface area (Å²) in [6, 6.07) is 14.2. The van der Waals surface area contributed by atoms with Gasteiger partial charge in [0.1, 0.15) is 5.69 Å². The van der Waals surface area contributed by atoms with Gasteiger partial charge in [0.15, 0.2) is 5.76 Å². The molecule has 2 aromatic carbocycles. The summed E-state index contributed by atoms with van der Waals surface area (Å²) < 4.78 is 6.63. The molecule has 134 valence electrons. The van der Waals surface area contributed by atoms with Crippen LogP contribution in [0.3, 0.4) is 0 Å². The molecule has 3 rings (SSSR count). The van der Waals surface area contributed by atoms with E-state index in [1.807, 2.05) is 48.6 Å². The lowest BCUT2D eigenvalue weighted by molar-refractivity contribution is 0.434.